The van der Waals surface area contributed by atoms with Gasteiger partial charge in [-0.3, -0.25) is 9.69 Å². The summed E-state index contributed by atoms with van der Waals surface area (Å²) < 4.78 is 0. The summed E-state index contributed by atoms with van der Waals surface area (Å²) in [7, 11) is 2.02. The number of piperidine rings is 1. The molecule has 3 rings (SSSR count). The van der Waals surface area contributed by atoms with Crippen molar-refractivity contribution in [1.29, 1.82) is 0 Å². The van der Waals surface area contributed by atoms with Crippen molar-refractivity contribution in [2.24, 2.45) is 5.92 Å². The Labute approximate surface area is 134 Å². The maximum absolute atomic E-state index is 12.3. The molecule has 1 saturated carbocycles. The van der Waals surface area contributed by atoms with Crippen molar-refractivity contribution in [2.75, 3.05) is 20.1 Å². The fraction of sp³-hybridized carbons (Fsp3) is 0.632. The molecule has 1 amide bonds. The summed E-state index contributed by atoms with van der Waals surface area (Å²) in [5.74, 6) is 0.721. The number of nitrogens with zero attached hydrogens (tertiary/aromatic N) is 2. The van der Waals surface area contributed by atoms with E-state index in [2.05, 4.69) is 36.1 Å². The molecule has 3 heteroatoms. The van der Waals surface area contributed by atoms with Crippen molar-refractivity contribution in [3.8, 4) is 0 Å². The third-order valence-electron chi connectivity index (χ3n) is 5.40. The fourth-order valence-electron chi connectivity index (χ4n) is 3.66. The first-order valence-corrected chi connectivity index (χ1v) is 8.68. The predicted octanol–water partition coefficient (Wildman–Crippen LogP) is 3.22. The van der Waals surface area contributed by atoms with Crippen LogP contribution in [0.15, 0.2) is 24.3 Å². The summed E-state index contributed by atoms with van der Waals surface area (Å²) in [5.41, 5.74) is 2.73. The number of carbonyl (C=O) groups excluding carboxylic acids is 1. The number of hydrogen-bond acceptors (Lipinski definition) is 2. The molecule has 0 N–H and O–H groups in total. The number of aryl methyl sites for hydroxylation is 1. The minimum absolute atomic E-state index is 0.329. The highest BCUT2D eigenvalue weighted by atomic mass is 16.2. The normalized spacial score (nSPS) is 20.6. The van der Waals surface area contributed by atoms with E-state index in [1.165, 1.54) is 17.5 Å². The van der Waals surface area contributed by atoms with Crippen LogP contribution >= 0.6 is 0 Å². The Bertz CT molecular complexity index is 516. The second kappa shape index (κ2) is 6.82. The standard InChI is InChI=1S/C19H28N2O/c1-15-5-3-6-16(13-15)14-21-11-9-18(10-12-21)20(2)19(22)17-7-4-8-17/h3,5-6,13,17-18H,4,7-12,14H2,1-2H3. The predicted molar refractivity (Wildman–Crippen MR) is 89.6 cm³/mol. The van der Waals surface area contributed by atoms with Gasteiger partial charge in [0.05, 0.1) is 0 Å². The first-order valence-electron chi connectivity index (χ1n) is 8.68. The van der Waals surface area contributed by atoms with E-state index in [4.69, 9.17) is 0 Å². The lowest BCUT2D eigenvalue weighted by molar-refractivity contribution is -0.139. The Morgan fingerprint density at radius 2 is 1.95 bits per heavy atom. The molecule has 0 unspecified atom stereocenters. The van der Waals surface area contributed by atoms with Gasteiger partial charge in [-0.2, -0.15) is 0 Å². The molecular formula is C19H28N2O. The molecule has 0 atom stereocenters. The first kappa shape index (κ1) is 15.5. The van der Waals surface area contributed by atoms with Gasteiger partial charge in [-0.05, 0) is 38.2 Å². The van der Waals surface area contributed by atoms with Gasteiger partial charge >= 0.3 is 0 Å². The molecule has 0 spiro atoms. The van der Waals surface area contributed by atoms with E-state index in [0.717, 1.165) is 45.3 Å². The van der Waals surface area contributed by atoms with Crippen LogP contribution in [0.3, 0.4) is 0 Å². The van der Waals surface area contributed by atoms with Crippen molar-refractivity contribution in [3.63, 3.8) is 0 Å². The van der Waals surface area contributed by atoms with Crippen LogP contribution < -0.4 is 0 Å². The van der Waals surface area contributed by atoms with Gasteiger partial charge in [0.25, 0.3) is 0 Å². The van der Waals surface area contributed by atoms with E-state index in [1.54, 1.807) is 0 Å². The number of carbonyl (C=O) groups is 1. The lowest BCUT2D eigenvalue weighted by atomic mass is 9.84. The smallest absolute Gasteiger partial charge is 0.225 e. The summed E-state index contributed by atoms with van der Waals surface area (Å²) in [6.07, 6.45) is 5.67. The third-order valence-corrected chi connectivity index (χ3v) is 5.40. The van der Waals surface area contributed by atoms with Crippen LogP contribution in [0.5, 0.6) is 0 Å². The molecule has 3 nitrogen and oxygen atoms in total. The van der Waals surface area contributed by atoms with Gasteiger partial charge < -0.3 is 4.90 Å². The molecule has 1 heterocycles. The van der Waals surface area contributed by atoms with Crippen molar-refractivity contribution >= 4 is 5.91 Å². The first-order chi connectivity index (χ1) is 10.6. The Hall–Kier alpha value is -1.35. The van der Waals surface area contributed by atoms with Crippen LogP contribution in [0.2, 0.25) is 0 Å². The highest BCUT2D eigenvalue weighted by molar-refractivity contribution is 5.79. The van der Waals surface area contributed by atoms with E-state index in [1.807, 2.05) is 11.9 Å². The van der Waals surface area contributed by atoms with E-state index < -0.39 is 0 Å². The molecule has 22 heavy (non-hydrogen) atoms. The molecule has 1 aromatic carbocycles. The van der Waals surface area contributed by atoms with Crippen LogP contribution in [-0.2, 0) is 11.3 Å². The van der Waals surface area contributed by atoms with E-state index >= 15 is 0 Å². The molecule has 1 aliphatic heterocycles. The zero-order valence-corrected chi connectivity index (χ0v) is 13.9. The minimum Gasteiger partial charge on any atom is -0.342 e. The van der Waals surface area contributed by atoms with Crippen LogP contribution in [0, 0.1) is 12.8 Å². The maximum atomic E-state index is 12.3. The van der Waals surface area contributed by atoms with Crippen LogP contribution in [0.4, 0.5) is 0 Å². The number of likely N-dealkylation sites (tertiary alicyclic amines) is 1. The lowest BCUT2D eigenvalue weighted by Crippen LogP contribution is -2.48. The van der Waals surface area contributed by atoms with Gasteiger partial charge in [0.2, 0.25) is 5.91 Å². The lowest BCUT2D eigenvalue weighted by Gasteiger charge is -2.39. The molecule has 0 bridgehead atoms. The largest absolute Gasteiger partial charge is 0.342 e. The number of amides is 1. The zero-order chi connectivity index (χ0) is 15.5. The Morgan fingerprint density at radius 1 is 1.23 bits per heavy atom. The summed E-state index contributed by atoms with van der Waals surface area (Å²) in [4.78, 5) is 16.9. The zero-order valence-electron chi connectivity index (χ0n) is 13.9. The maximum Gasteiger partial charge on any atom is 0.225 e. The third kappa shape index (κ3) is 3.52. The Balaban J connectivity index is 1.48. The molecular weight excluding hydrogens is 272 g/mol. The Morgan fingerprint density at radius 3 is 2.55 bits per heavy atom. The van der Waals surface area contributed by atoms with Crippen LogP contribution in [0.25, 0.3) is 0 Å². The second-order valence-corrected chi connectivity index (χ2v) is 7.07. The van der Waals surface area contributed by atoms with Gasteiger partial charge in [0, 0.05) is 38.6 Å². The summed E-state index contributed by atoms with van der Waals surface area (Å²) in [5, 5.41) is 0. The van der Waals surface area contributed by atoms with Crippen molar-refractivity contribution in [2.45, 2.75) is 51.6 Å². The molecule has 120 valence electrons. The number of benzene rings is 1. The SMILES string of the molecule is Cc1cccc(CN2CCC(N(C)C(=O)C3CCC3)CC2)c1. The Kier molecular flexibility index (Phi) is 4.82. The van der Waals surface area contributed by atoms with Crippen LogP contribution in [-0.4, -0.2) is 41.9 Å². The molecule has 1 aromatic rings. The topological polar surface area (TPSA) is 23.6 Å². The van der Waals surface area contributed by atoms with Gasteiger partial charge in [-0.25, -0.2) is 0 Å². The van der Waals surface area contributed by atoms with Crippen molar-refractivity contribution in [3.05, 3.63) is 35.4 Å². The monoisotopic (exact) mass is 300 g/mol. The van der Waals surface area contributed by atoms with Crippen molar-refractivity contribution in [1.82, 2.24) is 9.80 Å². The summed E-state index contributed by atoms with van der Waals surface area (Å²) in [6.45, 7) is 5.38. The highest BCUT2D eigenvalue weighted by Gasteiger charge is 2.32. The summed E-state index contributed by atoms with van der Waals surface area (Å²) >= 11 is 0. The molecule has 2 fully saturated rings. The minimum atomic E-state index is 0.329. The molecule has 1 saturated heterocycles. The van der Waals surface area contributed by atoms with Gasteiger partial charge in [-0.1, -0.05) is 36.2 Å². The molecule has 2 aliphatic rings. The van der Waals surface area contributed by atoms with Crippen LogP contribution in [0.1, 0.15) is 43.2 Å². The van der Waals surface area contributed by atoms with Gasteiger partial charge in [0.1, 0.15) is 0 Å². The number of rotatable bonds is 4. The quantitative estimate of drug-likeness (QED) is 0.852. The van der Waals surface area contributed by atoms with Gasteiger partial charge in [-0.15, -0.1) is 0 Å². The highest BCUT2D eigenvalue weighted by Crippen LogP contribution is 2.29. The number of hydrogen-bond donors (Lipinski definition) is 0. The van der Waals surface area contributed by atoms with Crippen molar-refractivity contribution < 1.29 is 4.79 Å². The van der Waals surface area contributed by atoms with E-state index in [-0.39, 0.29) is 0 Å². The summed E-state index contributed by atoms with van der Waals surface area (Å²) in [6, 6.07) is 9.23. The van der Waals surface area contributed by atoms with E-state index in [9.17, 15) is 4.79 Å². The average Bonchev–Trinajstić information content (AvgIpc) is 2.45. The van der Waals surface area contributed by atoms with Gasteiger partial charge in [0.15, 0.2) is 0 Å². The molecule has 0 aromatic heterocycles. The molecule has 0 radical (unpaired) electrons. The molecule has 1 aliphatic carbocycles. The fourth-order valence-corrected chi connectivity index (χ4v) is 3.66. The average molecular weight is 300 g/mol. The van der Waals surface area contributed by atoms with E-state index in [0.29, 0.717) is 17.9 Å². The second-order valence-electron chi connectivity index (χ2n) is 7.07.